The normalized spacial score (nSPS) is 20.1. The number of rotatable bonds is 3. The number of hydrogen-bond donors (Lipinski definition) is 1. The Kier molecular flexibility index (Phi) is 3.89. The van der Waals surface area contributed by atoms with Crippen LogP contribution < -0.4 is 10.5 Å². The van der Waals surface area contributed by atoms with Crippen molar-refractivity contribution < 1.29 is 22.7 Å². The second-order valence-electron chi connectivity index (χ2n) is 4.86. The predicted molar refractivity (Wildman–Crippen MR) is 66.5 cm³/mol. The van der Waals surface area contributed by atoms with Gasteiger partial charge in [-0.2, -0.15) is 13.2 Å². The van der Waals surface area contributed by atoms with Crippen molar-refractivity contribution in [1.82, 2.24) is 4.90 Å². The molecule has 1 aromatic rings. The van der Waals surface area contributed by atoms with E-state index >= 15 is 0 Å². The molecule has 0 saturated carbocycles. The molecule has 1 aliphatic heterocycles. The number of ether oxygens (including phenoxy) is 1. The molecule has 1 saturated heterocycles. The Morgan fingerprint density at radius 2 is 2.15 bits per heavy atom. The van der Waals surface area contributed by atoms with E-state index < -0.39 is 17.6 Å². The number of nitrogens with two attached hydrogens (primary N) is 1. The Hall–Kier alpha value is -1.76. The lowest BCUT2D eigenvalue weighted by molar-refractivity contribution is -0.137. The number of likely N-dealkylation sites (tertiary alicyclic amines) is 1. The predicted octanol–water partition coefficient (Wildman–Crippen LogP) is 1.89. The number of carbonyl (C=O) groups is 1. The molecule has 4 nitrogen and oxygen atoms in total. The van der Waals surface area contributed by atoms with Crippen molar-refractivity contribution in [2.24, 2.45) is 5.73 Å². The van der Waals surface area contributed by atoms with Gasteiger partial charge in [-0.1, -0.05) is 0 Å². The van der Waals surface area contributed by atoms with Gasteiger partial charge in [-0.05, 0) is 31.7 Å². The highest BCUT2D eigenvalue weighted by Gasteiger charge is 2.32. The molecule has 1 aromatic carbocycles. The van der Waals surface area contributed by atoms with E-state index in [0.29, 0.717) is 13.0 Å². The van der Waals surface area contributed by atoms with E-state index in [1.54, 1.807) is 0 Å². The third kappa shape index (κ3) is 3.22. The van der Waals surface area contributed by atoms with Crippen LogP contribution in [0, 0.1) is 0 Å². The third-order valence-corrected chi connectivity index (χ3v) is 3.22. The lowest BCUT2D eigenvalue weighted by Gasteiger charge is -2.17. The number of alkyl halides is 3. The van der Waals surface area contributed by atoms with E-state index in [-0.39, 0.29) is 17.4 Å². The van der Waals surface area contributed by atoms with E-state index in [2.05, 4.69) is 0 Å². The largest absolute Gasteiger partial charge is 0.488 e. The Balaban J connectivity index is 2.30. The van der Waals surface area contributed by atoms with Gasteiger partial charge in [-0.3, -0.25) is 4.79 Å². The summed E-state index contributed by atoms with van der Waals surface area (Å²) in [7, 11) is 1.89. The van der Waals surface area contributed by atoms with Gasteiger partial charge in [-0.15, -0.1) is 0 Å². The van der Waals surface area contributed by atoms with E-state index in [4.69, 9.17) is 10.5 Å². The average Bonchev–Trinajstić information content (AvgIpc) is 2.73. The zero-order chi connectivity index (χ0) is 14.9. The molecule has 1 aliphatic rings. The highest BCUT2D eigenvalue weighted by Crippen LogP contribution is 2.33. The number of amides is 1. The highest BCUT2D eigenvalue weighted by atomic mass is 19.4. The maximum atomic E-state index is 12.7. The van der Waals surface area contributed by atoms with E-state index in [0.717, 1.165) is 24.7 Å². The minimum Gasteiger partial charge on any atom is -0.488 e. The van der Waals surface area contributed by atoms with E-state index in [9.17, 15) is 18.0 Å². The fraction of sp³-hybridized carbons (Fsp3) is 0.462. The first-order valence-corrected chi connectivity index (χ1v) is 6.13. The average molecular weight is 288 g/mol. The molecule has 0 unspecified atom stereocenters. The van der Waals surface area contributed by atoms with Gasteiger partial charge < -0.3 is 15.4 Å². The van der Waals surface area contributed by atoms with Crippen molar-refractivity contribution in [3.63, 3.8) is 0 Å². The molecule has 20 heavy (non-hydrogen) atoms. The molecule has 110 valence electrons. The van der Waals surface area contributed by atoms with Crippen LogP contribution in [-0.4, -0.2) is 37.0 Å². The summed E-state index contributed by atoms with van der Waals surface area (Å²) in [6, 6.07) is 2.71. The highest BCUT2D eigenvalue weighted by molar-refractivity contribution is 5.95. The second-order valence-corrected chi connectivity index (χ2v) is 4.86. The number of halogens is 3. The monoisotopic (exact) mass is 288 g/mol. The molecule has 0 aromatic heterocycles. The SMILES string of the molecule is CN1CC[C@@H](Oc2cc(C(F)(F)F)ccc2C(N)=O)C1. The summed E-state index contributed by atoms with van der Waals surface area (Å²) in [5.41, 5.74) is 4.27. The van der Waals surface area contributed by atoms with Crippen LogP contribution in [0.15, 0.2) is 18.2 Å². The first-order chi connectivity index (χ1) is 9.27. The fourth-order valence-corrected chi connectivity index (χ4v) is 2.17. The van der Waals surface area contributed by atoms with E-state index in [1.165, 1.54) is 0 Å². The van der Waals surface area contributed by atoms with E-state index in [1.807, 2.05) is 11.9 Å². The Morgan fingerprint density at radius 1 is 1.45 bits per heavy atom. The first-order valence-electron chi connectivity index (χ1n) is 6.13. The van der Waals surface area contributed by atoms with Gasteiger partial charge in [0.05, 0.1) is 11.1 Å². The van der Waals surface area contributed by atoms with Crippen LogP contribution >= 0.6 is 0 Å². The molecular weight excluding hydrogens is 273 g/mol. The van der Waals surface area contributed by atoms with Gasteiger partial charge in [0.1, 0.15) is 11.9 Å². The molecule has 1 fully saturated rings. The van der Waals surface area contributed by atoms with Crippen molar-refractivity contribution in [3.05, 3.63) is 29.3 Å². The summed E-state index contributed by atoms with van der Waals surface area (Å²) in [5, 5.41) is 0. The smallest absolute Gasteiger partial charge is 0.416 e. The molecule has 0 spiro atoms. The molecule has 0 radical (unpaired) electrons. The maximum Gasteiger partial charge on any atom is 0.416 e. The Morgan fingerprint density at radius 3 is 2.65 bits per heavy atom. The van der Waals surface area contributed by atoms with Crippen LogP contribution in [0.1, 0.15) is 22.3 Å². The van der Waals surface area contributed by atoms with Crippen LogP contribution in [0.3, 0.4) is 0 Å². The lowest BCUT2D eigenvalue weighted by atomic mass is 10.1. The molecule has 7 heteroatoms. The summed E-state index contributed by atoms with van der Waals surface area (Å²) in [6.45, 7) is 1.41. The van der Waals surface area contributed by atoms with Crippen molar-refractivity contribution in [2.45, 2.75) is 18.7 Å². The Labute approximate surface area is 114 Å². The number of hydrogen-bond acceptors (Lipinski definition) is 3. The van der Waals surface area contributed by atoms with Crippen LogP contribution in [0.5, 0.6) is 5.75 Å². The number of primary amides is 1. The zero-order valence-corrected chi connectivity index (χ0v) is 10.9. The molecule has 1 amide bonds. The van der Waals surface area contributed by atoms with Crippen molar-refractivity contribution in [3.8, 4) is 5.75 Å². The van der Waals surface area contributed by atoms with Gasteiger partial charge in [0.15, 0.2) is 0 Å². The molecule has 0 bridgehead atoms. The van der Waals surface area contributed by atoms with Gasteiger partial charge in [-0.25, -0.2) is 0 Å². The summed E-state index contributed by atoms with van der Waals surface area (Å²) in [5.74, 6) is -0.910. The summed E-state index contributed by atoms with van der Waals surface area (Å²) in [4.78, 5) is 13.3. The number of likely N-dealkylation sites (N-methyl/N-ethyl adjacent to an activating group) is 1. The topological polar surface area (TPSA) is 55.6 Å². The van der Waals surface area contributed by atoms with Crippen molar-refractivity contribution in [2.75, 3.05) is 20.1 Å². The van der Waals surface area contributed by atoms with Crippen molar-refractivity contribution >= 4 is 5.91 Å². The van der Waals surface area contributed by atoms with Gasteiger partial charge in [0.2, 0.25) is 0 Å². The van der Waals surface area contributed by atoms with Crippen LogP contribution in [0.25, 0.3) is 0 Å². The number of carbonyl (C=O) groups excluding carboxylic acids is 1. The molecule has 1 atom stereocenters. The molecular formula is C13H15F3N2O2. The lowest BCUT2D eigenvalue weighted by Crippen LogP contribution is -2.23. The summed E-state index contributed by atoms with van der Waals surface area (Å²) < 4.78 is 43.6. The summed E-state index contributed by atoms with van der Waals surface area (Å²) >= 11 is 0. The van der Waals surface area contributed by atoms with Crippen molar-refractivity contribution in [1.29, 1.82) is 0 Å². The van der Waals surface area contributed by atoms with Gasteiger partial charge >= 0.3 is 6.18 Å². The van der Waals surface area contributed by atoms with Gasteiger partial charge in [0.25, 0.3) is 5.91 Å². The maximum absolute atomic E-state index is 12.7. The van der Waals surface area contributed by atoms with Gasteiger partial charge in [0, 0.05) is 13.1 Å². The van der Waals surface area contributed by atoms with Crippen LogP contribution in [0.4, 0.5) is 13.2 Å². The molecule has 0 aliphatic carbocycles. The molecule has 2 N–H and O–H groups in total. The minimum atomic E-state index is -4.49. The number of benzene rings is 1. The quantitative estimate of drug-likeness (QED) is 0.924. The fourth-order valence-electron chi connectivity index (χ4n) is 2.17. The minimum absolute atomic E-state index is 0.0347. The number of nitrogens with zero attached hydrogens (tertiary/aromatic N) is 1. The molecule has 1 heterocycles. The standard InChI is InChI=1S/C13H15F3N2O2/c1-18-5-4-9(7-18)20-11-6-8(13(14,15)16)2-3-10(11)12(17)19/h2-3,6,9H,4-5,7H2,1H3,(H2,17,19)/t9-/m1/s1. The first kappa shape index (κ1) is 14.6. The zero-order valence-electron chi connectivity index (χ0n) is 10.9. The molecule has 2 rings (SSSR count). The third-order valence-electron chi connectivity index (χ3n) is 3.22. The Bertz CT molecular complexity index is 517. The van der Waals surface area contributed by atoms with Crippen LogP contribution in [0.2, 0.25) is 0 Å². The summed E-state index contributed by atoms with van der Waals surface area (Å²) in [6.07, 6.45) is -4.02. The second kappa shape index (κ2) is 5.32. The van der Waals surface area contributed by atoms with Crippen LogP contribution in [-0.2, 0) is 6.18 Å².